The van der Waals surface area contributed by atoms with Crippen molar-refractivity contribution in [3.63, 3.8) is 0 Å². The standard InChI is InChI=1S/C19H25BrN2O4/c1-2-26-18(24)22-11-9-21(10-12-22)17(23)19(7-13-25-14-8-19)15-3-5-16(20)6-4-15/h3-6H,2,7-14H2,1H3. The van der Waals surface area contributed by atoms with Crippen LogP contribution in [0.2, 0.25) is 0 Å². The first-order valence-electron chi connectivity index (χ1n) is 9.12. The maximum atomic E-state index is 13.5. The summed E-state index contributed by atoms with van der Waals surface area (Å²) >= 11 is 3.46. The fraction of sp³-hybridized carbons (Fsp3) is 0.579. The predicted octanol–water partition coefficient (Wildman–Crippen LogP) is 2.80. The molecule has 0 spiro atoms. The molecule has 0 unspecified atom stereocenters. The van der Waals surface area contributed by atoms with E-state index in [2.05, 4.69) is 15.9 Å². The third-order valence-electron chi connectivity index (χ3n) is 5.25. The normalized spacial score (nSPS) is 19.9. The Bertz CT molecular complexity index is 635. The minimum Gasteiger partial charge on any atom is -0.450 e. The zero-order chi connectivity index (χ0) is 18.6. The molecule has 2 aliphatic heterocycles. The van der Waals surface area contributed by atoms with Crippen molar-refractivity contribution in [3.05, 3.63) is 34.3 Å². The summed E-state index contributed by atoms with van der Waals surface area (Å²) in [5.41, 5.74) is 0.507. The summed E-state index contributed by atoms with van der Waals surface area (Å²) in [5.74, 6) is 0.145. The van der Waals surface area contributed by atoms with Crippen molar-refractivity contribution < 1.29 is 19.1 Å². The molecule has 2 aliphatic rings. The Morgan fingerprint density at radius 1 is 1.08 bits per heavy atom. The Morgan fingerprint density at radius 2 is 1.65 bits per heavy atom. The monoisotopic (exact) mass is 424 g/mol. The third-order valence-corrected chi connectivity index (χ3v) is 5.77. The Morgan fingerprint density at radius 3 is 2.23 bits per heavy atom. The number of rotatable bonds is 3. The molecule has 2 heterocycles. The first kappa shape index (κ1) is 19.2. The van der Waals surface area contributed by atoms with Crippen LogP contribution in [0.25, 0.3) is 0 Å². The van der Waals surface area contributed by atoms with E-state index in [4.69, 9.17) is 9.47 Å². The Labute approximate surface area is 162 Å². The number of hydrogen-bond acceptors (Lipinski definition) is 4. The second-order valence-corrected chi connectivity index (χ2v) is 7.60. The van der Waals surface area contributed by atoms with Crippen molar-refractivity contribution in [3.8, 4) is 0 Å². The summed E-state index contributed by atoms with van der Waals surface area (Å²) in [6.07, 6.45) is 1.07. The number of nitrogens with zero attached hydrogens (tertiary/aromatic N) is 2. The number of benzene rings is 1. The highest BCUT2D eigenvalue weighted by Gasteiger charge is 2.44. The number of halogens is 1. The molecule has 1 aromatic carbocycles. The van der Waals surface area contributed by atoms with E-state index >= 15 is 0 Å². The fourth-order valence-corrected chi connectivity index (χ4v) is 3.99. The van der Waals surface area contributed by atoms with E-state index in [1.54, 1.807) is 11.8 Å². The first-order valence-corrected chi connectivity index (χ1v) is 9.91. The van der Waals surface area contributed by atoms with Crippen molar-refractivity contribution in [2.45, 2.75) is 25.2 Å². The molecule has 7 heteroatoms. The molecule has 6 nitrogen and oxygen atoms in total. The number of hydrogen-bond donors (Lipinski definition) is 0. The molecular weight excluding hydrogens is 400 g/mol. The van der Waals surface area contributed by atoms with Crippen molar-refractivity contribution in [1.29, 1.82) is 0 Å². The summed E-state index contributed by atoms with van der Waals surface area (Å²) in [5, 5.41) is 0. The van der Waals surface area contributed by atoms with Crippen LogP contribution in [0.1, 0.15) is 25.3 Å². The molecule has 2 amide bonds. The molecule has 0 saturated carbocycles. The van der Waals surface area contributed by atoms with Gasteiger partial charge in [-0.3, -0.25) is 4.79 Å². The van der Waals surface area contributed by atoms with E-state index in [0.29, 0.717) is 58.8 Å². The van der Waals surface area contributed by atoms with E-state index in [-0.39, 0.29) is 12.0 Å². The van der Waals surface area contributed by atoms with E-state index < -0.39 is 5.41 Å². The first-order chi connectivity index (χ1) is 12.6. The molecule has 3 rings (SSSR count). The van der Waals surface area contributed by atoms with Gasteiger partial charge in [0.2, 0.25) is 5.91 Å². The SMILES string of the molecule is CCOC(=O)N1CCN(C(=O)C2(c3ccc(Br)cc3)CCOCC2)CC1. The number of carbonyl (C=O) groups excluding carboxylic acids is 2. The van der Waals surface area contributed by atoms with Crippen molar-refractivity contribution >= 4 is 27.9 Å². The molecule has 0 aliphatic carbocycles. The quantitative estimate of drug-likeness (QED) is 0.748. The molecule has 2 fully saturated rings. The number of piperazine rings is 1. The van der Waals surface area contributed by atoms with Crippen LogP contribution in [-0.4, -0.2) is 67.8 Å². The van der Waals surface area contributed by atoms with Gasteiger partial charge < -0.3 is 19.3 Å². The molecule has 0 N–H and O–H groups in total. The maximum Gasteiger partial charge on any atom is 0.409 e. The lowest BCUT2D eigenvalue weighted by Gasteiger charge is -2.42. The van der Waals surface area contributed by atoms with Gasteiger partial charge in [-0.05, 0) is 37.5 Å². The average molecular weight is 425 g/mol. The Balaban J connectivity index is 1.75. The lowest BCUT2D eigenvalue weighted by molar-refractivity contribution is -0.143. The van der Waals surface area contributed by atoms with Gasteiger partial charge >= 0.3 is 6.09 Å². The maximum absolute atomic E-state index is 13.5. The molecule has 0 radical (unpaired) electrons. The fourth-order valence-electron chi connectivity index (χ4n) is 3.72. The van der Waals surface area contributed by atoms with Crippen LogP contribution in [0.4, 0.5) is 4.79 Å². The lowest BCUT2D eigenvalue weighted by Crippen LogP contribution is -2.56. The van der Waals surface area contributed by atoms with Gasteiger partial charge in [0.15, 0.2) is 0 Å². The van der Waals surface area contributed by atoms with E-state index in [9.17, 15) is 9.59 Å². The molecule has 0 bridgehead atoms. The van der Waals surface area contributed by atoms with Crippen LogP contribution < -0.4 is 0 Å². The summed E-state index contributed by atoms with van der Waals surface area (Å²) in [4.78, 5) is 28.9. The molecule has 0 atom stereocenters. The highest BCUT2D eigenvalue weighted by molar-refractivity contribution is 9.10. The minimum atomic E-state index is -0.537. The van der Waals surface area contributed by atoms with Crippen LogP contribution >= 0.6 is 15.9 Å². The topological polar surface area (TPSA) is 59.1 Å². The number of amides is 2. The molecular formula is C19H25BrN2O4. The summed E-state index contributed by atoms with van der Waals surface area (Å²) in [6.45, 7) is 5.44. The highest BCUT2D eigenvalue weighted by Crippen LogP contribution is 2.37. The molecule has 0 aromatic heterocycles. The summed E-state index contributed by atoms with van der Waals surface area (Å²) in [6, 6.07) is 8.03. The minimum absolute atomic E-state index is 0.145. The van der Waals surface area contributed by atoms with Gasteiger partial charge in [0.1, 0.15) is 0 Å². The van der Waals surface area contributed by atoms with Crippen LogP contribution in [0.3, 0.4) is 0 Å². The lowest BCUT2D eigenvalue weighted by atomic mass is 9.73. The second kappa shape index (κ2) is 8.39. The van der Waals surface area contributed by atoms with Crippen molar-refractivity contribution in [1.82, 2.24) is 9.80 Å². The van der Waals surface area contributed by atoms with Crippen LogP contribution in [-0.2, 0) is 19.7 Å². The largest absolute Gasteiger partial charge is 0.450 e. The average Bonchev–Trinajstić information content (AvgIpc) is 2.69. The third kappa shape index (κ3) is 3.88. The number of ether oxygens (including phenoxy) is 2. The highest BCUT2D eigenvalue weighted by atomic mass is 79.9. The Hall–Kier alpha value is -1.60. The van der Waals surface area contributed by atoms with Gasteiger partial charge in [-0.25, -0.2) is 4.79 Å². The predicted molar refractivity (Wildman–Crippen MR) is 101 cm³/mol. The van der Waals surface area contributed by atoms with Gasteiger partial charge in [0.05, 0.1) is 12.0 Å². The van der Waals surface area contributed by atoms with Crippen LogP contribution in [0.5, 0.6) is 0 Å². The van der Waals surface area contributed by atoms with E-state index in [1.807, 2.05) is 29.2 Å². The van der Waals surface area contributed by atoms with Crippen molar-refractivity contribution in [2.75, 3.05) is 46.0 Å². The second-order valence-electron chi connectivity index (χ2n) is 6.68. The smallest absolute Gasteiger partial charge is 0.409 e. The van der Waals surface area contributed by atoms with Gasteiger partial charge in [0.25, 0.3) is 0 Å². The van der Waals surface area contributed by atoms with Gasteiger partial charge in [0, 0.05) is 43.9 Å². The molecule has 1 aromatic rings. The van der Waals surface area contributed by atoms with Crippen LogP contribution in [0, 0.1) is 0 Å². The molecule has 142 valence electrons. The summed E-state index contributed by atoms with van der Waals surface area (Å²) in [7, 11) is 0. The summed E-state index contributed by atoms with van der Waals surface area (Å²) < 4.78 is 11.6. The van der Waals surface area contributed by atoms with Crippen molar-refractivity contribution in [2.24, 2.45) is 0 Å². The zero-order valence-corrected chi connectivity index (χ0v) is 16.7. The Kier molecular flexibility index (Phi) is 6.19. The van der Waals surface area contributed by atoms with Gasteiger partial charge in [-0.1, -0.05) is 28.1 Å². The number of carbonyl (C=O) groups is 2. The van der Waals surface area contributed by atoms with E-state index in [0.717, 1.165) is 10.0 Å². The van der Waals surface area contributed by atoms with Gasteiger partial charge in [-0.15, -0.1) is 0 Å². The molecule has 2 saturated heterocycles. The van der Waals surface area contributed by atoms with Gasteiger partial charge in [-0.2, -0.15) is 0 Å². The zero-order valence-electron chi connectivity index (χ0n) is 15.1. The van der Waals surface area contributed by atoms with E-state index in [1.165, 1.54) is 0 Å². The molecule has 26 heavy (non-hydrogen) atoms. The van der Waals surface area contributed by atoms with Crippen LogP contribution in [0.15, 0.2) is 28.7 Å².